The highest BCUT2D eigenvalue weighted by Crippen LogP contribution is 2.36. The second kappa shape index (κ2) is 9.45. The minimum atomic E-state index is -0.0620. The molecule has 2 saturated heterocycles. The normalized spacial score (nSPS) is 26.8. The summed E-state index contributed by atoms with van der Waals surface area (Å²) in [5.74, 6) is 2.32. The van der Waals surface area contributed by atoms with Crippen LogP contribution in [0.1, 0.15) is 38.3 Å². The Bertz CT molecular complexity index is 987. The van der Waals surface area contributed by atoms with E-state index in [1.54, 1.807) is 6.07 Å². The summed E-state index contributed by atoms with van der Waals surface area (Å²) in [5, 5.41) is 21.1. The van der Waals surface area contributed by atoms with Crippen molar-refractivity contribution in [1.82, 2.24) is 20.1 Å². The second-order valence-electron chi connectivity index (χ2n) is 9.58. The number of nitrogens with zero attached hydrogens (tertiary/aromatic N) is 5. The first-order chi connectivity index (χ1) is 15.9. The van der Waals surface area contributed by atoms with E-state index >= 15 is 0 Å². The Hall–Kier alpha value is -1.80. The lowest BCUT2D eigenvalue weighted by Gasteiger charge is -2.48. The number of benzene rings is 1. The van der Waals surface area contributed by atoms with Crippen LogP contribution >= 0.6 is 23.2 Å². The van der Waals surface area contributed by atoms with E-state index in [2.05, 4.69) is 27.0 Å². The number of hydrazone groups is 1. The van der Waals surface area contributed by atoms with Crippen molar-refractivity contribution < 1.29 is 5.11 Å². The smallest absolute Gasteiger partial charge is 0.200 e. The van der Waals surface area contributed by atoms with Gasteiger partial charge in [-0.3, -0.25) is 5.01 Å². The number of halogens is 2. The molecule has 3 atom stereocenters. The third kappa shape index (κ3) is 4.48. The average Bonchev–Trinajstić information content (AvgIpc) is 3.09. The first-order valence-corrected chi connectivity index (χ1v) is 12.6. The monoisotopic (exact) mass is 490 g/mol. The molecule has 0 aliphatic carbocycles. The van der Waals surface area contributed by atoms with Gasteiger partial charge in [-0.15, -0.1) is 0 Å². The molecule has 0 radical (unpaired) electrons. The Kier molecular flexibility index (Phi) is 6.58. The number of aliphatic hydroxyl groups excluding tert-OH is 1. The van der Waals surface area contributed by atoms with Crippen LogP contribution in [0, 0.1) is 11.8 Å². The van der Waals surface area contributed by atoms with E-state index in [4.69, 9.17) is 33.3 Å². The van der Waals surface area contributed by atoms with Gasteiger partial charge in [0.1, 0.15) is 6.17 Å². The average molecular weight is 491 g/mol. The van der Waals surface area contributed by atoms with Crippen molar-refractivity contribution in [3.05, 3.63) is 45.6 Å². The van der Waals surface area contributed by atoms with Crippen molar-refractivity contribution in [3.8, 4) is 0 Å². The number of piperidine rings is 1. The number of β-amino-alcohol motifs (C(OH)–C–C–N with tert-alkyl or cyclic N) is 1. The fourth-order valence-electron chi connectivity index (χ4n) is 5.50. The van der Waals surface area contributed by atoms with E-state index in [1.165, 1.54) is 12.8 Å². The van der Waals surface area contributed by atoms with Gasteiger partial charge in [-0.1, -0.05) is 29.3 Å². The third-order valence-electron chi connectivity index (χ3n) is 7.48. The van der Waals surface area contributed by atoms with E-state index in [-0.39, 0.29) is 18.8 Å². The lowest BCUT2D eigenvalue weighted by Crippen LogP contribution is -2.61. The predicted molar refractivity (Wildman–Crippen MR) is 134 cm³/mol. The van der Waals surface area contributed by atoms with Crippen LogP contribution in [0.5, 0.6) is 0 Å². The van der Waals surface area contributed by atoms with Crippen molar-refractivity contribution in [3.63, 3.8) is 0 Å². The summed E-state index contributed by atoms with van der Waals surface area (Å²) in [6, 6.07) is 5.62. The fraction of sp³-hybridized carbons (Fsp3) is 0.583. The van der Waals surface area contributed by atoms with Gasteiger partial charge in [0.25, 0.3) is 0 Å². The molecule has 2 fully saturated rings. The zero-order chi connectivity index (χ0) is 23.1. The molecule has 4 aliphatic rings. The zero-order valence-electron chi connectivity index (χ0n) is 19.2. The van der Waals surface area contributed by atoms with E-state index in [0.29, 0.717) is 21.9 Å². The molecular formula is C24H32Cl2N6O. The molecule has 5 rings (SSSR count). The number of likely N-dealkylation sites (tertiary alicyclic amines) is 2. The van der Waals surface area contributed by atoms with Crippen molar-refractivity contribution in [1.29, 1.82) is 0 Å². The van der Waals surface area contributed by atoms with Crippen LogP contribution in [0.2, 0.25) is 10.0 Å². The van der Waals surface area contributed by atoms with Crippen LogP contribution in [-0.2, 0) is 0 Å². The molecule has 4 heterocycles. The lowest BCUT2D eigenvalue weighted by atomic mass is 9.80. The molecule has 0 bridgehead atoms. The predicted octanol–water partition coefficient (Wildman–Crippen LogP) is 3.55. The number of guanidine groups is 1. The summed E-state index contributed by atoms with van der Waals surface area (Å²) in [7, 11) is 0. The second-order valence-corrected chi connectivity index (χ2v) is 10.4. The summed E-state index contributed by atoms with van der Waals surface area (Å²) in [4.78, 5) is 9.49. The molecule has 9 heteroatoms. The number of hydrogen-bond acceptors (Lipinski definition) is 7. The SMILES string of the molecule is CC1=NN([C@H](C)c2ccc(Cl)cc2Cl)C2NC(N3CC([C@H]4CCCN(CCO)C4)C3)=NC=C12. The van der Waals surface area contributed by atoms with Crippen LogP contribution in [0.4, 0.5) is 0 Å². The largest absolute Gasteiger partial charge is 0.395 e. The molecule has 1 aromatic rings. The molecule has 7 nitrogen and oxygen atoms in total. The van der Waals surface area contributed by atoms with Crippen LogP contribution in [0.25, 0.3) is 0 Å². The standard InChI is InChI=1S/C24H32Cl2N6O/c1-15-21-11-27-24(31-13-18(14-31)17-4-3-7-30(12-17)8-9-33)28-23(21)32(29-15)16(2)20-6-5-19(25)10-22(20)26/h5-6,10-11,16-18,23,33H,3-4,7-9,12-14H2,1-2H3,(H,27,28)/t16-,17+,23?/m1/s1. The van der Waals surface area contributed by atoms with E-state index in [9.17, 15) is 5.11 Å². The quantitative estimate of drug-likeness (QED) is 0.660. The highest BCUT2D eigenvalue weighted by Gasteiger charge is 2.41. The van der Waals surface area contributed by atoms with Gasteiger partial charge in [-0.25, -0.2) is 4.99 Å². The molecule has 2 N–H and O–H groups in total. The maximum absolute atomic E-state index is 9.27. The number of hydrogen-bond donors (Lipinski definition) is 2. The topological polar surface area (TPSA) is 66.7 Å². The van der Waals surface area contributed by atoms with Crippen molar-refractivity contribution in [2.45, 2.75) is 38.9 Å². The summed E-state index contributed by atoms with van der Waals surface area (Å²) in [6.07, 6.45) is 4.41. The fourth-order valence-corrected chi connectivity index (χ4v) is 6.06. The highest BCUT2D eigenvalue weighted by molar-refractivity contribution is 6.35. The number of nitrogens with one attached hydrogen (secondary N) is 1. The Labute approximate surface area is 205 Å². The number of aliphatic hydroxyl groups is 1. The minimum absolute atomic E-state index is 0.0173. The Morgan fingerprint density at radius 1 is 1.21 bits per heavy atom. The Balaban J connectivity index is 1.24. The third-order valence-corrected chi connectivity index (χ3v) is 8.04. The van der Waals surface area contributed by atoms with Gasteiger partial charge in [-0.2, -0.15) is 5.10 Å². The molecule has 4 aliphatic heterocycles. The van der Waals surface area contributed by atoms with Gasteiger partial charge >= 0.3 is 0 Å². The van der Waals surface area contributed by atoms with Gasteiger partial charge < -0.3 is 20.2 Å². The minimum Gasteiger partial charge on any atom is -0.395 e. The van der Waals surface area contributed by atoms with Crippen LogP contribution < -0.4 is 5.32 Å². The summed E-state index contributed by atoms with van der Waals surface area (Å²) in [5.41, 5.74) is 3.07. The highest BCUT2D eigenvalue weighted by atomic mass is 35.5. The molecule has 33 heavy (non-hydrogen) atoms. The molecule has 0 amide bonds. The van der Waals surface area contributed by atoms with Crippen molar-refractivity contribution >= 4 is 34.9 Å². The van der Waals surface area contributed by atoms with Gasteiger partial charge in [0.05, 0.1) is 18.4 Å². The zero-order valence-corrected chi connectivity index (χ0v) is 20.7. The maximum atomic E-state index is 9.27. The van der Waals surface area contributed by atoms with Crippen LogP contribution in [-0.4, -0.2) is 77.1 Å². The Morgan fingerprint density at radius 2 is 2.03 bits per heavy atom. The first-order valence-electron chi connectivity index (χ1n) is 11.9. The van der Waals surface area contributed by atoms with Gasteiger partial charge in [0, 0.05) is 48.0 Å². The Morgan fingerprint density at radius 3 is 2.79 bits per heavy atom. The number of fused-ring (bicyclic) bond motifs is 1. The number of rotatable bonds is 5. The molecular weight excluding hydrogens is 459 g/mol. The molecule has 0 aromatic heterocycles. The summed E-state index contributed by atoms with van der Waals surface area (Å²) in [6.45, 7) is 9.45. The van der Waals surface area contributed by atoms with E-state index < -0.39 is 0 Å². The van der Waals surface area contributed by atoms with Gasteiger partial charge in [-0.05, 0) is 62.8 Å². The van der Waals surface area contributed by atoms with Crippen LogP contribution in [0.15, 0.2) is 40.1 Å². The molecule has 1 aromatic carbocycles. The van der Waals surface area contributed by atoms with E-state index in [0.717, 1.165) is 55.5 Å². The van der Waals surface area contributed by atoms with Gasteiger partial charge in [0.2, 0.25) is 5.96 Å². The maximum Gasteiger partial charge on any atom is 0.200 e. The van der Waals surface area contributed by atoms with Crippen LogP contribution in [0.3, 0.4) is 0 Å². The molecule has 178 valence electrons. The summed E-state index contributed by atoms with van der Waals surface area (Å²) >= 11 is 12.6. The van der Waals surface area contributed by atoms with Crippen molar-refractivity contribution in [2.75, 3.05) is 39.3 Å². The molecule has 1 unspecified atom stereocenters. The van der Waals surface area contributed by atoms with Crippen molar-refractivity contribution in [2.24, 2.45) is 21.9 Å². The first kappa shape index (κ1) is 23.0. The summed E-state index contributed by atoms with van der Waals surface area (Å²) < 4.78 is 0. The van der Waals surface area contributed by atoms with Gasteiger partial charge in [0.15, 0.2) is 0 Å². The lowest BCUT2D eigenvalue weighted by molar-refractivity contribution is 0.0515. The molecule has 0 spiro atoms. The number of aliphatic imine (C=N–C) groups is 1. The van der Waals surface area contributed by atoms with E-state index in [1.807, 2.05) is 25.3 Å². The molecule has 0 saturated carbocycles.